The van der Waals surface area contributed by atoms with Gasteiger partial charge in [0, 0.05) is 18.7 Å². The molecule has 0 saturated carbocycles. The number of thioether (sulfide) groups is 1. The molecule has 84 valence electrons. The maximum Gasteiger partial charge on any atom is 0.191 e. The Morgan fingerprint density at radius 3 is 2.53 bits per heavy atom. The van der Waals surface area contributed by atoms with Gasteiger partial charge in [-0.05, 0) is 27.0 Å². The van der Waals surface area contributed by atoms with Gasteiger partial charge in [0.2, 0.25) is 0 Å². The highest BCUT2D eigenvalue weighted by atomic mass is 32.2. The van der Waals surface area contributed by atoms with Crippen molar-refractivity contribution >= 4 is 23.4 Å². The van der Waals surface area contributed by atoms with Crippen molar-refractivity contribution < 1.29 is 0 Å². The van der Waals surface area contributed by atoms with E-state index in [9.17, 15) is 0 Å². The lowest BCUT2D eigenvalue weighted by atomic mass is 10.4. The second-order valence-electron chi connectivity index (χ2n) is 3.45. The minimum atomic E-state index is 0.379. The first kappa shape index (κ1) is 12.1. The van der Waals surface area contributed by atoms with E-state index in [0.717, 1.165) is 23.3 Å². The van der Waals surface area contributed by atoms with Crippen LogP contribution in [0.1, 0.15) is 20.8 Å². The van der Waals surface area contributed by atoms with Gasteiger partial charge in [0.25, 0.3) is 0 Å². The van der Waals surface area contributed by atoms with Gasteiger partial charge in [-0.1, -0.05) is 11.8 Å². The quantitative estimate of drug-likeness (QED) is 0.596. The Hall–Kier alpha value is -0.970. The second-order valence-corrected chi connectivity index (χ2v) is 4.23. The molecule has 1 rings (SSSR count). The van der Waals surface area contributed by atoms with Crippen LogP contribution < -0.4 is 10.6 Å². The molecule has 0 amide bonds. The molecule has 1 heterocycles. The van der Waals surface area contributed by atoms with E-state index < -0.39 is 0 Å². The van der Waals surface area contributed by atoms with E-state index in [0.29, 0.717) is 6.04 Å². The lowest BCUT2D eigenvalue weighted by Crippen LogP contribution is -2.12. The van der Waals surface area contributed by atoms with Crippen LogP contribution in [0.4, 0.5) is 11.6 Å². The topological polar surface area (TPSA) is 49.8 Å². The number of rotatable bonds is 5. The van der Waals surface area contributed by atoms with Gasteiger partial charge < -0.3 is 10.6 Å². The summed E-state index contributed by atoms with van der Waals surface area (Å²) in [5.74, 6) is 1.75. The molecular formula is C10H18N4S. The maximum atomic E-state index is 4.38. The molecule has 1 aromatic rings. The van der Waals surface area contributed by atoms with Crippen molar-refractivity contribution in [2.24, 2.45) is 0 Å². The fraction of sp³-hybridized carbons (Fsp3) is 0.600. The van der Waals surface area contributed by atoms with Crippen molar-refractivity contribution in [3.8, 4) is 0 Å². The standard InChI is InChI=1S/C10H18N4S/c1-5-11-8-6-9(12-7(2)3)14-10(13-8)15-4/h6-7H,5H2,1-4H3,(H2,11,12,13,14). The Kier molecular flexibility index (Phi) is 4.68. The van der Waals surface area contributed by atoms with Crippen molar-refractivity contribution in [1.82, 2.24) is 9.97 Å². The highest BCUT2D eigenvalue weighted by molar-refractivity contribution is 7.98. The molecule has 0 aromatic carbocycles. The van der Waals surface area contributed by atoms with Crippen LogP contribution in [0.2, 0.25) is 0 Å². The molecule has 0 atom stereocenters. The van der Waals surface area contributed by atoms with E-state index in [2.05, 4.69) is 41.4 Å². The molecule has 4 nitrogen and oxygen atoms in total. The summed E-state index contributed by atoms with van der Waals surface area (Å²) in [5, 5.41) is 7.25. The van der Waals surface area contributed by atoms with Crippen LogP contribution in [0, 0.1) is 0 Å². The van der Waals surface area contributed by atoms with Gasteiger partial charge in [0.1, 0.15) is 11.6 Å². The lowest BCUT2D eigenvalue weighted by molar-refractivity contribution is 0.867. The molecule has 5 heteroatoms. The van der Waals surface area contributed by atoms with E-state index in [4.69, 9.17) is 0 Å². The van der Waals surface area contributed by atoms with Crippen LogP contribution in [0.15, 0.2) is 11.2 Å². The fourth-order valence-electron chi connectivity index (χ4n) is 1.16. The molecule has 0 bridgehead atoms. The van der Waals surface area contributed by atoms with Crippen molar-refractivity contribution in [2.75, 3.05) is 23.4 Å². The smallest absolute Gasteiger partial charge is 0.191 e. The molecule has 0 aliphatic heterocycles. The predicted molar refractivity (Wildman–Crippen MR) is 66.7 cm³/mol. The van der Waals surface area contributed by atoms with E-state index in [1.807, 2.05) is 12.3 Å². The number of nitrogens with one attached hydrogen (secondary N) is 2. The summed E-state index contributed by atoms with van der Waals surface area (Å²) in [4.78, 5) is 8.72. The van der Waals surface area contributed by atoms with Crippen molar-refractivity contribution in [1.29, 1.82) is 0 Å². The molecule has 15 heavy (non-hydrogen) atoms. The first-order valence-electron chi connectivity index (χ1n) is 5.09. The van der Waals surface area contributed by atoms with Crippen LogP contribution in [0.5, 0.6) is 0 Å². The zero-order valence-electron chi connectivity index (χ0n) is 9.66. The van der Waals surface area contributed by atoms with Gasteiger partial charge in [-0.15, -0.1) is 0 Å². The van der Waals surface area contributed by atoms with Crippen LogP contribution in [-0.4, -0.2) is 28.8 Å². The Labute approximate surface area is 95.3 Å². The number of aromatic nitrogens is 2. The molecule has 0 fully saturated rings. The third kappa shape index (κ3) is 3.95. The molecule has 0 unspecified atom stereocenters. The van der Waals surface area contributed by atoms with Gasteiger partial charge >= 0.3 is 0 Å². The van der Waals surface area contributed by atoms with E-state index in [-0.39, 0.29) is 0 Å². The lowest BCUT2D eigenvalue weighted by Gasteiger charge is -2.11. The summed E-state index contributed by atoms with van der Waals surface area (Å²) < 4.78 is 0. The molecule has 0 aliphatic rings. The third-order valence-electron chi connectivity index (χ3n) is 1.68. The van der Waals surface area contributed by atoms with Gasteiger partial charge in [0.05, 0.1) is 0 Å². The van der Waals surface area contributed by atoms with Crippen LogP contribution in [0.3, 0.4) is 0 Å². The zero-order chi connectivity index (χ0) is 11.3. The van der Waals surface area contributed by atoms with E-state index in [1.54, 1.807) is 11.8 Å². The average Bonchev–Trinajstić information content (AvgIpc) is 2.16. The Morgan fingerprint density at radius 2 is 2.00 bits per heavy atom. The second kappa shape index (κ2) is 5.80. The number of nitrogens with zero attached hydrogens (tertiary/aromatic N) is 2. The first-order chi connectivity index (χ1) is 7.15. The minimum absolute atomic E-state index is 0.379. The summed E-state index contributed by atoms with van der Waals surface area (Å²) in [5.41, 5.74) is 0. The molecular weight excluding hydrogens is 208 g/mol. The summed E-state index contributed by atoms with van der Waals surface area (Å²) in [6.07, 6.45) is 1.98. The van der Waals surface area contributed by atoms with Gasteiger partial charge in [-0.2, -0.15) is 0 Å². The van der Waals surface area contributed by atoms with Crippen LogP contribution in [-0.2, 0) is 0 Å². The van der Waals surface area contributed by atoms with E-state index in [1.165, 1.54) is 0 Å². The highest BCUT2D eigenvalue weighted by Crippen LogP contribution is 2.17. The van der Waals surface area contributed by atoms with Gasteiger partial charge in [0.15, 0.2) is 5.16 Å². The Morgan fingerprint density at radius 1 is 1.33 bits per heavy atom. The predicted octanol–water partition coefficient (Wildman–Crippen LogP) is 2.45. The highest BCUT2D eigenvalue weighted by Gasteiger charge is 2.03. The van der Waals surface area contributed by atoms with Crippen molar-refractivity contribution in [3.05, 3.63) is 6.07 Å². The Bertz CT molecular complexity index is 314. The summed E-state index contributed by atoms with van der Waals surface area (Å²) in [6.45, 7) is 7.10. The summed E-state index contributed by atoms with van der Waals surface area (Å²) in [7, 11) is 0. The summed E-state index contributed by atoms with van der Waals surface area (Å²) in [6, 6.07) is 2.31. The van der Waals surface area contributed by atoms with Crippen LogP contribution >= 0.6 is 11.8 Å². The molecule has 0 saturated heterocycles. The Balaban J connectivity index is 2.89. The van der Waals surface area contributed by atoms with E-state index >= 15 is 0 Å². The average molecular weight is 226 g/mol. The molecule has 1 aromatic heterocycles. The monoisotopic (exact) mass is 226 g/mol. The molecule has 0 aliphatic carbocycles. The third-order valence-corrected chi connectivity index (χ3v) is 2.23. The number of hydrogen-bond donors (Lipinski definition) is 2. The van der Waals surface area contributed by atoms with Crippen molar-refractivity contribution in [3.63, 3.8) is 0 Å². The van der Waals surface area contributed by atoms with Gasteiger partial charge in [-0.3, -0.25) is 0 Å². The molecule has 0 radical (unpaired) electrons. The molecule has 2 N–H and O–H groups in total. The zero-order valence-corrected chi connectivity index (χ0v) is 10.5. The molecule has 0 spiro atoms. The SMILES string of the molecule is CCNc1cc(NC(C)C)nc(SC)n1. The van der Waals surface area contributed by atoms with Gasteiger partial charge in [-0.25, -0.2) is 9.97 Å². The first-order valence-corrected chi connectivity index (χ1v) is 6.31. The number of hydrogen-bond acceptors (Lipinski definition) is 5. The largest absolute Gasteiger partial charge is 0.370 e. The number of anilines is 2. The fourth-order valence-corrected chi connectivity index (χ4v) is 1.54. The normalized spacial score (nSPS) is 10.5. The van der Waals surface area contributed by atoms with Crippen LogP contribution in [0.25, 0.3) is 0 Å². The summed E-state index contributed by atoms with van der Waals surface area (Å²) >= 11 is 1.55. The minimum Gasteiger partial charge on any atom is -0.370 e. The maximum absolute atomic E-state index is 4.38. The van der Waals surface area contributed by atoms with Crippen molar-refractivity contribution in [2.45, 2.75) is 32.0 Å².